The SMILES string of the molecule is O=C1[C@@H]2CC[C@@H]1Cc1ccccc1C2. The summed E-state index contributed by atoms with van der Waals surface area (Å²) < 4.78 is 0. The predicted molar refractivity (Wildman–Crippen MR) is 55.1 cm³/mol. The molecular weight excluding hydrogens is 172 g/mol. The molecule has 2 atom stereocenters. The molecule has 72 valence electrons. The molecule has 0 amide bonds. The van der Waals surface area contributed by atoms with Crippen LogP contribution in [0.5, 0.6) is 0 Å². The fourth-order valence-corrected chi connectivity index (χ4v) is 2.91. The molecule has 0 unspecified atom stereocenters. The van der Waals surface area contributed by atoms with Gasteiger partial charge in [0.1, 0.15) is 5.78 Å². The van der Waals surface area contributed by atoms with Gasteiger partial charge in [-0.15, -0.1) is 0 Å². The molecule has 0 aliphatic heterocycles. The molecule has 1 aromatic carbocycles. The fraction of sp³-hybridized carbons (Fsp3) is 0.462. The quantitative estimate of drug-likeness (QED) is 0.608. The van der Waals surface area contributed by atoms with E-state index in [1.165, 1.54) is 11.1 Å². The molecule has 0 radical (unpaired) electrons. The second-order valence-electron chi connectivity index (χ2n) is 4.55. The maximum Gasteiger partial charge on any atom is 0.139 e. The molecule has 1 saturated carbocycles. The van der Waals surface area contributed by atoms with Gasteiger partial charge in [-0.1, -0.05) is 24.3 Å². The van der Waals surface area contributed by atoms with Crippen LogP contribution < -0.4 is 0 Å². The molecule has 1 fully saturated rings. The van der Waals surface area contributed by atoms with Crippen molar-refractivity contribution >= 4 is 5.78 Å². The highest BCUT2D eigenvalue weighted by Gasteiger charge is 2.36. The van der Waals surface area contributed by atoms with Gasteiger partial charge < -0.3 is 0 Å². The second kappa shape index (κ2) is 2.94. The first-order valence-corrected chi connectivity index (χ1v) is 5.45. The van der Waals surface area contributed by atoms with Crippen molar-refractivity contribution in [2.75, 3.05) is 0 Å². The molecule has 1 heteroatoms. The molecule has 2 aliphatic rings. The molecule has 1 aromatic rings. The Morgan fingerprint density at radius 3 is 1.93 bits per heavy atom. The number of rotatable bonds is 0. The Balaban J connectivity index is 2.06. The van der Waals surface area contributed by atoms with Gasteiger partial charge in [-0.3, -0.25) is 4.79 Å². The van der Waals surface area contributed by atoms with Gasteiger partial charge in [-0.05, 0) is 36.8 Å². The topological polar surface area (TPSA) is 17.1 Å². The zero-order chi connectivity index (χ0) is 9.54. The molecule has 0 aromatic heterocycles. The van der Waals surface area contributed by atoms with Crippen molar-refractivity contribution in [2.24, 2.45) is 11.8 Å². The van der Waals surface area contributed by atoms with Crippen LogP contribution in [-0.4, -0.2) is 5.78 Å². The molecular formula is C13H14O. The largest absolute Gasteiger partial charge is 0.299 e. The van der Waals surface area contributed by atoms with Crippen molar-refractivity contribution in [2.45, 2.75) is 25.7 Å². The number of carbonyl (C=O) groups is 1. The Kier molecular flexibility index (Phi) is 1.73. The van der Waals surface area contributed by atoms with Gasteiger partial charge in [-0.2, -0.15) is 0 Å². The number of hydrogen-bond acceptors (Lipinski definition) is 1. The minimum atomic E-state index is 0.337. The summed E-state index contributed by atoms with van der Waals surface area (Å²) in [6, 6.07) is 8.54. The van der Waals surface area contributed by atoms with E-state index in [4.69, 9.17) is 0 Å². The molecule has 14 heavy (non-hydrogen) atoms. The van der Waals surface area contributed by atoms with Crippen molar-refractivity contribution in [1.29, 1.82) is 0 Å². The third-order valence-corrected chi connectivity index (χ3v) is 3.72. The fourth-order valence-electron chi connectivity index (χ4n) is 2.91. The number of carbonyl (C=O) groups excluding carboxylic acids is 1. The Labute approximate surface area is 84.1 Å². The van der Waals surface area contributed by atoms with Crippen LogP contribution in [0.2, 0.25) is 0 Å². The molecule has 2 aliphatic carbocycles. The lowest BCUT2D eigenvalue weighted by atomic mass is 9.94. The van der Waals surface area contributed by atoms with Crippen molar-refractivity contribution in [3.8, 4) is 0 Å². The summed E-state index contributed by atoms with van der Waals surface area (Å²) in [5.41, 5.74) is 2.82. The first kappa shape index (κ1) is 8.22. The highest BCUT2D eigenvalue weighted by molar-refractivity contribution is 5.86. The lowest BCUT2D eigenvalue weighted by molar-refractivity contribution is -0.123. The minimum absolute atomic E-state index is 0.337. The van der Waals surface area contributed by atoms with Crippen LogP contribution in [0.15, 0.2) is 24.3 Å². The summed E-state index contributed by atoms with van der Waals surface area (Å²) in [4.78, 5) is 11.9. The predicted octanol–water partition coefficient (Wildman–Crippen LogP) is 2.38. The average Bonchev–Trinajstić information content (AvgIpc) is 2.44. The lowest BCUT2D eigenvalue weighted by Gasteiger charge is -2.10. The molecule has 0 saturated heterocycles. The number of Topliss-reactive ketones (excluding diaryl/α,β-unsaturated/α-hetero) is 1. The van der Waals surface area contributed by atoms with Gasteiger partial charge in [0.25, 0.3) is 0 Å². The first-order chi connectivity index (χ1) is 6.84. The van der Waals surface area contributed by atoms with E-state index in [2.05, 4.69) is 24.3 Å². The number of benzene rings is 1. The summed E-state index contributed by atoms with van der Waals surface area (Å²) in [5, 5.41) is 0. The van der Waals surface area contributed by atoms with E-state index >= 15 is 0 Å². The number of ketones is 1. The van der Waals surface area contributed by atoms with Crippen LogP contribution in [0.4, 0.5) is 0 Å². The summed E-state index contributed by atoms with van der Waals surface area (Å²) in [7, 11) is 0. The van der Waals surface area contributed by atoms with Crippen molar-refractivity contribution < 1.29 is 4.79 Å². The van der Waals surface area contributed by atoms with E-state index in [1.54, 1.807) is 0 Å². The molecule has 0 spiro atoms. The van der Waals surface area contributed by atoms with Gasteiger partial charge in [0, 0.05) is 11.8 Å². The van der Waals surface area contributed by atoms with E-state index in [1.807, 2.05) is 0 Å². The van der Waals surface area contributed by atoms with E-state index < -0.39 is 0 Å². The highest BCUT2D eigenvalue weighted by atomic mass is 16.1. The summed E-state index contributed by atoms with van der Waals surface area (Å²) in [5.74, 6) is 1.20. The first-order valence-electron chi connectivity index (χ1n) is 5.45. The van der Waals surface area contributed by atoms with E-state index in [0.29, 0.717) is 17.6 Å². The van der Waals surface area contributed by atoms with Crippen molar-refractivity contribution in [1.82, 2.24) is 0 Å². The van der Waals surface area contributed by atoms with Crippen molar-refractivity contribution in [3.05, 3.63) is 35.4 Å². The monoisotopic (exact) mass is 186 g/mol. The Morgan fingerprint density at radius 1 is 0.929 bits per heavy atom. The molecule has 0 heterocycles. The Bertz CT molecular complexity index is 346. The van der Waals surface area contributed by atoms with Gasteiger partial charge in [-0.25, -0.2) is 0 Å². The number of hydrogen-bond donors (Lipinski definition) is 0. The standard InChI is InChI=1S/C13H14O/c14-13-11-5-6-12(13)8-10-4-2-1-3-9(10)7-11/h1-4,11-12H,5-8H2/t11-,12-/m1/s1. The van der Waals surface area contributed by atoms with Gasteiger partial charge in [0.2, 0.25) is 0 Å². The Hall–Kier alpha value is -1.11. The van der Waals surface area contributed by atoms with Crippen LogP contribution in [0, 0.1) is 11.8 Å². The number of fused-ring (bicyclic) bond motifs is 3. The molecule has 1 nitrogen and oxygen atoms in total. The van der Waals surface area contributed by atoms with Gasteiger partial charge >= 0.3 is 0 Å². The maximum absolute atomic E-state index is 11.9. The third kappa shape index (κ3) is 1.12. The zero-order valence-electron chi connectivity index (χ0n) is 8.20. The van der Waals surface area contributed by atoms with E-state index in [0.717, 1.165) is 25.7 Å². The van der Waals surface area contributed by atoms with Crippen LogP contribution >= 0.6 is 0 Å². The summed E-state index contributed by atoms with van der Waals surface area (Å²) in [6.07, 6.45) is 4.23. The summed E-state index contributed by atoms with van der Waals surface area (Å²) >= 11 is 0. The van der Waals surface area contributed by atoms with Gasteiger partial charge in [0.05, 0.1) is 0 Å². The second-order valence-corrected chi connectivity index (χ2v) is 4.55. The van der Waals surface area contributed by atoms with Crippen LogP contribution in [0.1, 0.15) is 24.0 Å². The highest BCUT2D eigenvalue weighted by Crippen LogP contribution is 2.36. The van der Waals surface area contributed by atoms with E-state index in [9.17, 15) is 4.79 Å². The molecule has 2 bridgehead atoms. The van der Waals surface area contributed by atoms with Crippen LogP contribution in [0.25, 0.3) is 0 Å². The van der Waals surface area contributed by atoms with Gasteiger partial charge in [0.15, 0.2) is 0 Å². The normalized spacial score (nSPS) is 29.9. The average molecular weight is 186 g/mol. The maximum atomic E-state index is 11.9. The van der Waals surface area contributed by atoms with Crippen molar-refractivity contribution in [3.63, 3.8) is 0 Å². The summed E-state index contributed by atoms with van der Waals surface area (Å²) in [6.45, 7) is 0. The zero-order valence-corrected chi connectivity index (χ0v) is 8.20. The third-order valence-electron chi connectivity index (χ3n) is 3.72. The molecule has 0 N–H and O–H groups in total. The smallest absolute Gasteiger partial charge is 0.139 e. The van der Waals surface area contributed by atoms with E-state index in [-0.39, 0.29) is 0 Å². The molecule has 3 rings (SSSR count). The van der Waals surface area contributed by atoms with Crippen LogP contribution in [-0.2, 0) is 17.6 Å². The Morgan fingerprint density at radius 2 is 1.43 bits per heavy atom. The lowest BCUT2D eigenvalue weighted by Crippen LogP contribution is -2.13. The van der Waals surface area contributed by atoms with Crippen LogP contribution in [0.3, 0.4) is 0 Å². The minimum Gasteiger partial charge on any atom is -0.299 e.